The molecule has 0 saturated carbocycles. The van der Waals surface area contributed by atoms with Gasteiger partial charge in [-0.15, -0.1) is 0 Å². The molecule has 2 aromatic carbocycles. The summed E-state index contributed by atoms with van der Waals surface area (Å²) in [6, 6.07) is 9.19. The molecule has 0 radical (unpaired) electrons. The lowest BCUT2D eigenvalue weighted by atomic mass is 10.1. The number of halogens is 1. The van der Waals surface area contributed by atoms with E-state index in [1.165, 1.54) is 4.90 Å². The maximum absolute atomic E-state index is 14.1. The molecule has 142 valence electrons. The van der Waals surface area contributed by atoms with Crippen LogP contribution in [0.25, 0.3) is 0 Å². The second kappa shape index (κ2) is 6.99. The molecular formula is C18H18FN3O4S. The van der Waals surface area contributed by atoms with Gasteiger partial charge in [-0.1, -0.05) is 12.1 Å². The van der Waals surface area contributed by atoms with Crippen molar-refractivity contribution in [3.8, 4) is 0 Å². The fraction of sp³-hybridized carbons (Fsp3) is 0.222. The van der Waals surface area contributed by atoms with Crippen LogP contribution in [0.2, 0.25) is 0 Å². The number of nitrogens with one attached hydrogen (secondary N) is 2. The fourth-order valence-corrected chi connectivity index (χ4v) is 3.47. The summed E-state index contributed by atoms with van der Waals surface area (Å²) in [5, 5.41) is 5.56. The van der Waals surface area contributed by atoms with Gasteiger partial charge < -0.3 is 15.5 Å². The van der Waals surface area contributed by atoms with Crippen LogP contribution in [0.1, 0.15) is 10.4 Å². The van der Waals surface area contributed by atoms with Gasteiger partial charge in [0.25, 0.3) is 11.8 Å². The predicted octanol–water partition coefficient (Wildman–Crippen LogP) is 1.42. The Bertz CT molecular complexity index is 1020. The molecule has 0 spiro atoms. The third-order valence-electron chi connectivity index (χ3n) is 4.31. The number of likely N-dealkylation sites (N-methyl/N-ethyl adjacent to an activating group) is 1. The van der Waals surface area contributed by atoms with Gasteiger partial charge in [-0.05, 0) is 30.3 Å². The number of amides is 2. The number of carbonyl (C=O) groups excluding carboxylic acids is 2. The van der Waals surface area contributed by atoms with E-state index in [1.807, 2.05) is 6.07 Å². The molecule has 1 aliphatic rings. The average Bonchev–Trinajstić information content (AvgIpc) is 2.73. The number of hydrogen-bond donors (Lipinski definition) is 2. The molecule has 0 unspecified atom stereocenters. The summed E-state index contributed by atoms with van der Waals surface area (Å²) in [6.45, 7) is 0.110. The Morgan fingerprint density at radius 1 is 1.26 bits per heavy atom. The second-order valence-corrected chi connectivity index (χ2v) is 8.25. The molecule has 3 rings (SSSR count). The van der Waals surface area contributed by atoms with Crippen molar-refractivity contribution >= 4 is 33.0 Å². The zero-order valence-corrected chi connectivity index (χ0v) is 15.5. The van der Waals surface area contributed by atoms with Crippen molar-refractivity contribution in [2.45, 2.75) is 10.9 Å². The monoisotopic (exact) mass is 391 g/mol. The Hall–Kier alpha value is -2.94. The van der Waals surface area contributed by atoms with Crippen LogP contribution in [-0.2, 0) is 14.6 Å². The van der Waals surface area contributed by atoms with Gasteiger partial charge in [-0.25, -0.2) is 12.8 Å². The molecule has 2 amide bonds. The molecule has 1 aliphatic heterocycles. The summed E-state index contributed by atoms with van der Waals surface area (Å²) < 4.78 is 37.4. The third kappa shape index (κ3) is 3.77. The standard InChI is InChI=1S/C18H18FN3O4S/c1-22-16-6-4-3-5-14(16)20-10-15(18(22)24)21-17(23)12-9-11(27(2,25)26)7-8-13(12)19/h3-9,15,20H,10H2,1-2H3,(H,21,23)/t15-/m0/s1. The topological polar surface area (TPSA) is 95.6 Å². The first-order chi connectivity index (χ1) is 12.7. The van der Waals surface area contributed by atoms with Crippen molar-refractivity contribution in [2.75, 3.05) is 30.1 Å². The van der Waals surface area contributed by atoms with Gasteiger partial charge in [-0.3, -0.25) is 9.59 Å². The first kappa shape index (κ1) is 18.8. The van der Waals surface area contributed by atoms with Crippen LogP contribution in [0, 0.1) is 5.82 Å². The number of rotatable bonds is 3. The summed E-state index contributed by atoms with van der Waals surface area (Å²) in [5.74, 6) is -2.11. The highest BCUT2D eigenvalue weighted by Crippen LogP contribution is 2.27. The Morgan fingerprint density at radius 3 is 2.67 bits per heavy atom. The number of nitrogens with zero attached hydrogens (tertiary/aromatic N) is 1. The lowest BCUT2D eigenvalue weighted by Gasteiger charge is -2.21. The van der Waals surface area contributed by atoms with Crippen molar-refractivity contribution in [1.82, 2.24) is 5.32 Å². The molecule has 2 aromatic rings. The third-order valence-corrected chi connectivity index (χ3v) is 5.42. The van der Waals surface area contributed by atoms with Gasteiger partial charge in [-0.2, -0.15) is 0 Å². The number of anilines is 2. The molecular weight excluding hydrogens is 373 g/mol. The molecule has 0 aliphatic carbocycles. The van der Waals surface area contributed by atoms with Crippen LogP contribution >= 0.6 is 0 Å². The smallest absolute Gasteiger partial charge is 0.255 e. The first-order valence-electron chi connectivity index (χ1n) is 8.09. The molecule has 0 saturated heterocycles. The first-order valence-corrected chi connectivity index (χ1v) is 9.98. The Morgan fingerprint density at radius 2 is 1.96 bits per heavy atom. The van der Waals surface area contributed by atoms with Crippen molar-refractivity contribution in [1.29, 1.82) is 0 Å². The van der Waals surface area contributed by atoms with Gasteiger partial charge in [0.05, 0.1) is 21.8 Å². The van der Waals surface area contributed by atoms with Crippen LogP contribution in [-0.4, -0.2) is 46.1 Å². The lowest BCUT2D eigenvalue weighted by molar-refractivity contribution is -0.119. The highest BCUT2D eigenvalue weighted by atomic mass is 32.2. The lowest BCUT2D eigenvalue weighted by Crippen LogP contribution is -2.49. The van der Waals surface area contributed by atoms with Crippen LogP contribution in [0.4, 0.5) is 15.8 Å². The molecule has 2 N–H and O–H groups in total. The molecule has 7 nitrogen and oxygen atoms in total. The van der Waals surface area contributed by atoms with Crippen molar-refractivity contribution in [3.63, 3.8) is 0 Å². The van der Waals surface area contributed by atoms with E-state index in [0.29, 0.717) is 5.69 Å². The molecule has 1 atom stereocenters. The largest absolute Gasteiger partial charge is 0.381 e. The molecule has 27 heavy (non-hydrogen) atoms. The maximum atomic E-state index is 14.1. The summed E-state index contributed by atoms with van der Waals surface area (Å²) in [6.07, 6.45) is 0.965. The van der Waals surface area contributed by atoms with Crippen LogP contribution in [0.15, 0.2) is 47.4 Å². The minimum atomic E-state index is -3.60. The summed E-state index contributed by atoms with van der Waals surface area (Å²) in [5.41, 5.74) is 0.954. The number of carbonyl (C=O) groups is 2. The van der Waals surface area contributed by atoms with E-state index in [2.05, 4.69) is 10.6 Å². The summed E-state index contributed by atoms with van der Waals surface area (Å²) in [7, 11) is -2.02. The zero-order chi connectivity index (χ0) is 19.8. The maximum Gasteiger partial charge on any atom is 0.255 e. The van der Waals surface area contributed by atoms with E-state index in [1.54, 1.807) is 25.2 Å². The average molecular weight is 391 g/mol. The number of para-hydroxylation sites is 2. The number of benzene rings is 2. The fourth-order valence-electron chi connectivity index (χ4n) is 2.83. The summed E-state index contributed by atoms with van der Waals surface area (Å²) >= 11 is 0. The minimum Gasteiger partial charge on any atom is -0.381 e. The molecule has 9 heteroatoms. The van der Waals surface area contributed by atoms with E-state index < -0.39 is 33.2 Å². The molecule has 1 heterocycles. The van der Waals surface area contributed by atoms with E-state index >= 15 is 0 Å². The van der Waals surface area contributed by atoms with Gasteiger partial charge in [0.15, 0.2) is 9.84 Å². The molecule has 0 fully saturated rings. The van der Waals surface area contributed by atoms with Gasteiger partial charge in [0.1, 0.15) is 11.9 Å². The van der Waals surface area contributed by atoms with Gasteiger partial charge in [0, 0.05) is 19.8 Å². The van der Waals surface area contributed by atoms with E-state index in [0.717, 1.165) is 30.1 Å². The van der Waals surface area contributed by atoms with E-state index in [4.69, 9.17) is 0 Å². The number of hydrogen-bond acceptors (Lipinski definition) is 5. The summed E-state index contributed by atoms with van der Waals surface area (Å²) in [4.78, 5) is 26.4. The van der Waals surface area contributed by atoms with E-state index in [9.17, 15) is 22.4 Å². The highest BCUT2D eigenvalue weighted by molar-refractivity contribution is 7.90. The minimum absolute atomic E-state index is 0.110. The van der Waals surface area contributed by atoms with Crippen LogP contribution < -0.4 is 15.5 Å². The Labute approximate surface area is 156 Å². The molecule has 0 bridgehead atoms. The van der Waals surface area contributed by atoms with Crippen molar-refractivity contribution < 1.29 is 22.4 Å². The highest BCUT2D eigenvalue weighted by Gasteiger charge is 2.30. The quantitative estimate of drug-likeness (QED) is 0.772. The van der Waals surface area contributed by atoms with Crippen LogP contribution in [0.5, 0.6) is 0 Å². The van der Waals surface area contributed by atoms with Crippen LogP contribution in [0.3, 0.4) is 0 Å². The van der Waals surface area contributed by atoms with Gasteiger partial charge in [0.2, 0.25) is 0 Å². The second-order valence-electron chi connectivity index (χ2n) is 6.24. The normalized spacial score (nSPS) is 16.9. The number of fused-ring (bicyclic) bond motifs is 1. The Balaban J connectivity index is 1.86. The van der Waals surface area contributed by atoms with Crippen molar-refractivity contribution in [2.24, 2.45) is 0 Å². The number of sulfone groups is 1. The van der Waals surface area contributed by atoms with E-state index in [-0.39, 0.29) is 17.3 Å². The zero-order valence-electron chi connectivity index (χ0n) is 14.7. The predicted molar refractivity (Wildman–Crippen MR) is 99.1 cm³/mol. The van der Waals surface area contributed by atoms with Crippen molar-refractivity contribution in [3.05, 3.63) is 53.8 Å². The SMILES string of the molecule is CN1C(=O)[C@@H](NC(=O)c2cc(S(C)(=O)=O)ccc2F)CNc2ccccc21. The Kier molecular flexibility index (Phi) is 4.88. The molecule has 0 aromatic heterocycles. The van der Waals surface area contributed by atoms with Gasteiger partial charge >= 0.3 is 0 Å².